The fourth-order valence-corrected chi connectivity index (χ4v) is 4.10. The molecule has 6 heteroatoms. The van der Waals surface area contributed by atoms with Crippen molar-refractivity contribution in [2.75, 3.05) is 5.09 Å². The van der Waals surface area contributed by atoms with E-state index in [0.717, 1.165) is 11.3 Å². The lowest BCUT2D eigenvalue weighted by atomic mass is 10.2. The molecule has 2 aromatic rings. The molecule has 3 rings (SSSR count). The average molecular weight is 312 g/mol. The highest BCUT2D eigenvalue weighted by Crippen LogP contribution is 2.58. The van der Waals surface area contributed by atoms with Gasteiger partial charge in [0.1, 0.15) is 0 Å². The van der Waals surface area contributed by atoms with Gasteiger partial charge in [-0.05, 0) is 48.9 Å². The van der Waals surface area contributed by atoms with Crippen LogP contribution in [0.4, 0.5) is 5.69 Å². The minimum absolute atomic E-state index is 0.675. The predicted molar refractivity (Wildman–Crippen MR) is 81.8 cm³/mol. The summed E-state index contributed by atoms with van der Waals surface area (Å²) in [7, 11) is 0. The molecule has 1 unspecified atom stereocenters. The highest BCUT2D eigenvalue weighted by Gasteiger charge is 2.32. The molecular formula is C13H11ClNO2PS. The molecule has 0 radical (unpaired) electrons. The van der Waals surface area contributed by atoms with Crippen LogP contribution in [0.2, 0.25) is 5.02 Å². The molecule has 1 N–H and O–H groups in total. The van der Waals surface area contributed by atoms with E-state index in [1.807, 2.05) is 37.3 Å². The van der Waals surface area contributed by atoms with Crippen LogP contribution in [0.5, 0.6) is 11.5 Å². The summed E-state index contributed by atoms with van der Waals surface area (Å²) in [5.74, 6) is 1.39. The second kappa shape index (κ2) is 4.71. The van der Waals surface area contributed by atoms with Gasteiger partial charge in [-0.3, -0.25) is 5.09 Å². The molecular weight excluding hydrogens is 301 g/mol. The van der Waals surface area contributed by atoms with Crippen LogP contribution < -0.4 is 14.1 Å². The Morgan fingerprint density at radius 2 is 1.74 bits per heavy atom. The normalized spacial score (nSPS) is 20.3. The fraction of sp³-hybridized carbons (Fsp3) is 0.0769. The zero-order chi connectivity index (χ0) is 13.5. The van der Waals surface area contributed by atoms with Crippen molar-refractivity contribution in [1.29, 1.82) is 0 Å². The third kappa shape index (κ3) is 2.71. The van der Waals surface area contributed by atoms with E-state index >= 15 is 0 Å². The van der Waals surface area contributed by atoms with E-state index in [1.54, 1.807) is 12.1 Å². The van der Waals surface area contributed by atoms with Gasteiger partial charge in [0.05, 0.1) is 0 Å². The standard InChI is InChI=1S/C13H11ClNO2PS/c1-9-2-7-12-13(8-9)17-18(19,16-12)15-11-5-3-10(14)4-6-11/h2-8H,1H3,(H,15,19). The summed E-state index contributed by atoms with van der Waals surface area (Å²) in [5, 5.41) is 3.81. The van der Waals surface area contributed by atoms with Gasteiger partial charge in [-0.2, -0.15) is 0 Å². The largest absolute Gasteiger partial charge is 0.417 e. The number of anilines is 1. The van der Waals surface area contributed by atoms with Gasteiger partial charge < -0.3 is 9.05 Å². The van der Waals surface area contributed by atoms with Crippen LogP contribution in [0.15, 0.2) is 42.5 Å². The van der Waals surface area contributed by atoms with Gasteiger partial charge in [-0.25, -0.2) is 0 Å². The van der Waals surface area contributed by atoms with E-state index in [-0.39, 0.29) is 0 Å². The van der Waals surface area contributed by atoms with Gasteiger partial charge in [-0.15, -0.1) is 0 Å². The second-order valence-electron chi connectivity index (χ2n) is 4.25. The Bertz CT molecular complexity index is 675. The van der Waals surface area contributed by atoms with Crippen LogP contribution in [0.3, 0.4) is 0 Å². The van der Waals surface area contributed by atoms with Gasteiger partial charge in [0.15, 0.2) is 11.5 Å². The average Bonchev–Trinajstić information content (AvgIpc) is 2.67. The first-order valence-corrected chi connectivity index (χ1v) is 8.69. The molecule has 0 bridgehead atoms. The van der Waals surface area contributed by atoms with Crippen LogP contribution >= 0.6 is 18.2 Å². The quantitative estimate of drug-likeness (QED) is 0.810. The molecule has 1 aliphatic heterocycles. The minimum Gasteiger partial charge on any atom is -0.417 e. The zero-order valence-corrected chi connectivity index (χ0v) is 12.6. The maximum atomic E-state index is 5.85. The molecule has 0 aromatic heterocycles. The molecule has 1 atom stereocenters. The van der Waals surface area contributed by atoms with Crippen LogP contribution in [0, 0.1) is 6.92 Å². The number of benzene rings is 2. The van der Waals surface area contributed by atoms with E-state index < -0.39 is 6.64 Å². The lowest BCUT2D eigenvalue weighted by Crippen LogP contribution is -2.03. The van der Waals surface area contributed by atoms with Gasteiger partial charge in [0.25, 0.3) is 0 Å². The Labute approximate surface area is 121 Å². The van der Waals surface area contributed by atoms with E-state index in [0.29, 0.717) is 16.5 Å². The van der Waals surface area contributed by atoms with E-state index in [2.05, 4.69) is 5.09 Å². The lowest BCUT2D eigenvalue weighted by Gasteiger charge is -2.16. The van der Waals surface area contributed by atoms with Crippen molar-refractivity contribution in [3.05, 3.63) is 53.1 Å². The number of fused-ring (bicyclic) bond motifs is 1. The molecule has 98 valence electrons. The van der Waals surface area contributed by atoms with Crippen molar-refractivity contribution < 1.29 is 9.05 Å². The molecule has 0 spiro atoms. The monoisotopic (exact) mass is 311 g/mol. The predicted octanol–water partition coefficient (Wildman–Crippen LogP) is 4.76. The third-order valence-corrected chi connectivity index (χ3v) is 5.03. The SMILES string of the molecule is Cc1ccc2c(c1)OP(=S)(Nc1ccc(Cl)cc1)O2. The highest BCUT2D eigenvalue weighted by atomic mass is 35.5. The van der Waals surface area contributed by atoms with Crippen LogP contribution in [-0.4, -0.2) is 0 Å². The van der Waals surface area contributed by atoms with Gasteiger partial charge in [0, 0.05) is 22.5 Å². The minimum atomic E-state index is -2.57. The van der Waals surface area contributed by atoms with Crippen molar-refractivity contribution in [3.8, 4) is 11.5 Å². The van der Waals surface area contributed by atoms with Crippen molar-refractivity contribution >= 4 is 35.7 Å². The number of halogens is 1. The molecule has 19 heavy (non-hydrogen) atoms. The van der Waals surface area contributed by atoms with Crippen LogP contribution in [0.1, 0.15) is 5.56 Å². The zero-order valence-electron chi connectivity index (χ0n) is 10.1. The van der Waals surface area contributed by atoms with Gasteiger partial charge in [-0.1, -0.05) is 17.7 Å². The maximum absolute atomic E-state index is 5.85. The number of nitrogens with one attached hydrogen (secondary N) is 1. The fourth-order valence-electron chi connectivity index (χ4n) is 1.77. The number of rotatable bonds is 2. The Kier molecular flexibility index (Phi) is 3.17. The Morgan fingerprint density at radius 1 is 1.05 bits per heavy atom. The summed E-state index contributed by atoms with van der Waals surface area (Å²) in [6.07, 6.45) is 0. The van der Waals surface area contributed by atoms with Crippen LogP contribution in [0.25, 0.3) is 0 Å². The lowest BCUT2D eigenvalue weighted by molar-refractivity contribution is 0.577. The molecule has 1 aliphatic rings. The van der Waals surface area contributed by atoms with Crippen molar-refractivity contribution in [2.24, 2.45) is 0 Å². The molecule has 0 saturated carbocycles. The molecule has 0 aliphatic carbocycles. The first kappa shape index (κ1) is 12.8. The Hall–Kier alpha value is -1.22. The molecule has 0 saturated heterocycles. The topological polar surface area (TPSA) is 30.5 Å². The van der Waals surface area contributed by atoms with Crippen molar-refractivity contribution in [3.63, 3.8) is 0 Å². The number of hydrogen-bond donors (Lipinski definition) is 1. The van der Waals surface area contributed by atoms with Crippen molar-refractivity contribution in [2.45, 2.75) is 6.92 Å². The molecule has 0 amide bonds. The van der Waals surface area contributed by atoms with E-state index in [4.69, 9.17) is 32.5 Å². The summed E-state index contributed by atoms with van der Waals surface area (Å²) >= 11 is 11.3. The van der Waals surface area contributed by atoms with Gasteiger partial charge in [0.2, 0.25) is 0 Å². The molecule has 3 nitrogen and oxygen atoms in total. The summed E-state index contributed by atoms with van der Waals surface area (Å²) in [5.41, 5.74) is 1.94. The summed E-state index contributed by atoms with van der Waals surface area (Å²) in [6, 6.07) is 13.0. The first-order valence-electron chi connectivity index (χ1n) is 5.68. The second-order valence-corrected chi connectivity index (χ2v) is 7.71. The van der Waals surface area contributed by atoms with Crippen LogP contribution in [-0.2, 0) is 11.8 Å². The smallest absolute Gasteiger partial charge is 0.392 e. The molecule has 0 fully saturated rings. The molecule has 2 aromatic carbocycles. The van der Waals surface area contributed by atoms with Gasteiger partial charge >= 0.3 is 6.64 Å². The number of aryl methyl sites for hydroxylation is 1. The van der Waals surface area contributed by atoms with E-state index in [1.165, 1.54) is 0 Å². The summed E-state index contributed by atoms with van der Waals surface area (Å²) in [6.45, 7) is -0.570. The number of hydrogen-bond acceptors (Lipinski definition) is 3. The summed E-state index contributed by atoms with van der Waals surface area (Å²) < 4.78 is 11.5. The highest BCUT2D eigenvalue weighted by molar-refractivity contribution is 8.11. The maximum Gasteiger partial charge on any atom is 0.392 e. The Balaban J connectivity index is 1.83. The summed E-state index contributed by atoms with van der Waals surface area (Å²) in [4.78, 5) is 0. The Morgan fingerprint density at radius 3 is 2.47 bits per heavy atom. The molecule has 1 heterocycles. The third-order valence-electron chi connectivity index (χ3n) is 2.65. The van der Waals surface area contributed by atoms with E-state index in [9.17, 15) is 0 Å². The van der Waals surface area contributed by atoms with Crippen molar-refractivity contribution in [1.82, 2.24) is 0 Å². The first-order chi connectivity index (χ1) is 9.04.